The Bertz CT molecular complexity index is 321. The number of nitrogens with one attached hydrogen (secondary N) is 1. The van der Waals surface area contributed by atoms with E-state index in [-0.39, 0.29) is 0 Å². The van der Waals surface area contributed by atoms with E-state index in [9.17, 15) is 0 Å². The van der Waals surface area contributed by atoms with Gasteiger partial charge in [-0.25, -0.2) is 0 Å². The predicted octanol–water partition coefficient (Wildman–Crippen LogP) is 0.786. The van der Waals surface area contributed by atoms with E-state index in [1.165, 1.54) is 38.6 Å². The third kappa shape index (κ3) is 1.97. The molecule has 3 heterocycles. The van der Waals surface area contributed by atoms with Gasteiger partial charge in [0.2, 0.25) is 5.89 Å². The van der Waals surface area contributed by atoms with Crippen molar-refractivity contribution in [1.29, 1.82) is 0 Å². The third-order valence-electron chi connectivity index (χ3n) is 3.72. The van der Waals surface area contributed by atoms with Crippen molar-refractivity contribution in [3.05, 3.63) is 12.2 Å². The van der Waals surface area contributed by atoms with Gasteiger partial charge in [0, 0.05) is 12.1 Å². The molecule has 3 rings (SSSR count). The molecule has 5 nitrogen and oxygen atoms in total. The molecule has 88 valence electrons. The standard InChI is InChI=1S/C11H18N4O/c1-3-9(12-5-1)10-4-2-6-15(10)7-11-13-8-14-16-11/h8-10,12H,1-7H2. The van der Waals surface area contributed by atoms with Gasteiger partial charge in [-0.05, 0) is 38.8 Å². The van der Waals surface area contributed by atoms with Crippen LogP contribution in [0.3, 0.4) is 0 Å². The molecule has 1 N–H and O–H groups in total. The minimum Gasteiger partial charge on any atom is -0.338 e. The highest BCUT2D eigenvalue weighted by Gasteiger charge is 2.33. The van der Waals surface area contributed by atoms with Crippen molar-refractivity contribution >= 4 is 0 Å². The summed E-state index contributed by atoms with van der Waals surface area (Å²) >= 11 is 0. The number of nitrogens with zero attached hydrogens (tertiary/aromatic N) is 3. The fourth-order valence-corrected chi connectivity index (χ4v) is 2.98. The van der Waals surface area contributed by atoms with Crippen LogP contribution in [0.2, 0.25) is 0 Å². The quantitative estimate of drug-likeness (QED) is 0.819. The largest absolute Gasteiger partial charge is 0.338 e. The van der Waals surface area contributed by atoms with Gasteiger partial charge in [-0.3, -0.25) is 4.90 Å². The molecule has 1 aromatic rings. The fourth-order valence-electron chi connectivity index (χ4n) is 2.98. The summed E-state index contributed by atoms with van der Waals surface area (Å²) < 4.78 is 5.08. The van der Waals surface area contributed by atoms with Gasteiger partial charge in [-0.15, -0.1) is 0 Å². The second-order valence-electron chi connectivity index (χ2n) is 4.72. The van der Waals surface area contributed by atoms with E-state index in [1.807, 2.05) is 0 Å². The van der Waals surface area contributed by atoms with Crippen molar-refractivity contribution in [3.63, 3.8) is 0 Å². The Labute approximate surface area is 95.2 Å². The second kappa shape index (κ2) is 4.51. The maximum atomic E-state index is 5.08. The Morgan fingerprint density at radius 3 is 3.19 bits per heavy atom. The molecule has 2 atom stereocenters. The maximum absolute atomic E-state index is 5.08. The Kier molecular flexibility index (Phi) is 2.88. The van der Waals surface area contributed by atoms with E-state index in [2.05, 4.69) is 20.4 Å². The summed E-state index contributed by atoms with van der Waals surface area (Å²) in [5.41, 5.74) is 0. The van der Waals surface area contributed by atoms with Gasteiger partial charge in [0.05, 0.1) is 6.54 Å². The average Bonchev–Trinajstić information content (AvgIpc) is 2.98. The van der Waals surface area contributed by atoms with E-state index in [4.69, 9.17) is 4.52 Å². The molecule has 2 aliphatic heterocycles. The molecule has 0 saturated carbocycles. The Balaban J connectivity index is 1.64. The highest BCUT2D eigenvalue weighted by Crippen LogP contribution is 2.25. The molecule has 1 aromatic heterocycles. The van der Waals surface area contributed by atoms with Gasteiger partial charge in [0.25, 0.3) is 0 Å². The van der Waals surface area contributed by atoms with E-state index in [0.29, 0.717) is 12.1 Å². The highest BCUT2D eigenvalue weighted by atomic mass is 16.5. The first-order chi connectivity index (χ1) is 7.93. The van der Waals surface area contributed by atoms with Crippen molar-refractivity contribution in [2.45, 2.75) is 44.3 Å². The zero-order valence-corrected chi connectivity index (χ0v) is 9.43. The zero-order chi connectivity index (χ0) is 10.8. The lowest BCUT2D eigenvalue weighted by atomic mass is 10.0. The van der Waals surface area contributed by atoms with Gasteiger partial charge >= 0.3 is 0 Å². The molecule has 0 aliphatic carbocycles. The van der Waals surface area contributed by atoms with Gasteiger partial charge in [-0.1, -0.05) is 5.16 Å². The fraction of sp³-hybridized carbons (Fsp3) is 0.818. The lowest BCUT2D eigenvalue weighted by Crippen LogP contribution is -2.43. The summed E-state index contributed by atoms with van der Waals surface area (Å²) in [4.78, 5) is 6.58. The van der Waals surface area contributed by atoms with Crippen LogP contribution < -0.4 is 5.32 Å². The monoisotopic (exact) mass is 222 g/mol. The van der Waals surface area contributed by atoms with Gasteiger partial charge < -0.3 is 9.84 Å². The van der Waals surface area contributed by atoms with Gasteiger partial charge in [0.1, 0.15) is 0 Å². The molecule has 0 radical (unpaired) electrons. The average molecular weight is 222 g/mol. The Morgan fingerprint density at radius 1 is 1.44 bits per heavy atom. The topological polar surface area (TPSA) is 54.2 Å². The SMILES string of the molecule is c1noc(CN2CCCC2C2CCCN2)n1. The summed E-state index contributed by atoms with van der Waals surface area (Å²) in [5, 5.41) is 7.26. The smallest absolute Gasteiger partial charge is 0.240 e. The molecule has 2 unspecified atom stereocenters. The van der Waals surface area contributed by atoms with Crippen molar-refractivity contribution in [2.24, 2.45) is 0 Å². The highest BCUT2D eigenvalue weighted by molar-refractivity contribution is 4.93. The first-order valence-corrected chi connectivity index (χ1v) is 6.16. The molecule has 2 fully saturated rings. The van der Waals surface area contributed by atoms with Crippen LogP contribution in [0.5, 0.6) is 0 Å². The number of hydrogen-bond donors (Lipinski definition) is 1. The normalized spacial score (nSPS) is 31.2. The molecule has 2 aliphatic rings. The number of aromatic nitrogens is 2. The molecule has 2 saturated heterocycles. The summed E-state index contributed by atoms with van der Waals surface area (Å²) in [6.45, 7) is 3.14. The van der Waals surface area contributed by atoms with Crippen molar-refractivity contribution < 1.29 is 4.52 Å². The van der Waals surface area contributed by atoms with Crippen LogP contribution in [0.4, 0.5) is 0 Å². The van der Waals surface area contributed by atoms with Crippen LogP contribution >= 0.6 is 0 Å². The van der Waals surface area contributed by atoms with Crippen LogP contribution in [0.25, 0.3) is 0 Å². The first-order valence-electron chi connectivity index (χ1n) is 6.16. The van der Waals surface area contributed by atoms with Gasteiger partial charge in [0.15, 0.2) is 6.33 Å². The summed E-state index contributed by atoms with van der Waals surface area (Å²) in [7, 11) is 0. The molecule has 0 amide bonds. The zero-order valence-electron chi connectivity index (χ0n) is 9.43. The maximum Gasteiger partial charge on any atom is 0.240 e. The Hall–Kier alpha value is -0.940. The van der Waals surface area contributed by atoms with E-state index < -0.39 is 0 Å². The van der Waals surface area contributed by atoms with Crippen molar-refractivity contribution in [2.75, 3.05) is 13.1 Å². The van der Waals surface area contributed by atoms with Crippen LogP contribution in [-0.2, 0) is 6.54 Å². The van der Waals surface area contributed by atoms with Crippen LogP contribution in [0.1, 0.15) is 31.6 Å². The van der Waals surface area contributed by atoms with Crippen LogP contribution in [0.15, 0.2) is 10.9 Å². The number of likely N-dealkylation sites (tertiary alicyclic amines) is 1. The molecule has 0 aromatic carbocycles. The lowest BCUT2D eigenvalue weighted by molar-refractivity contribution is 0.182. The minimum absolute atomic E-state index is 0.661. The van der Waals surface area contributed by atoms with E-state index in [1.54, 1.807) is 0 Å². The first kappa shape index (κ1) is 10.2. The molecule has 16 heavy (non-hydrogen) atoms. The van der Waals surface area contributed by atoms with Crippen molar-refractivity contribution in [3.8, 4) is 0 Å². The summed E-state index contributed by atoms with van der Waals surface area (Å²) in [6.07, 6.45) is 6.69. The molecule has 0 spiro atoms. The molecular weight excluding hydrogens is 204 g/mol. The van der Waals surface area contributed by atoms with E-state index in [0.717, 1.165) is 19.0 Å². The summed E-state index contributed by atoms with van der Waals surface area (Å²) in [6, 6.07) is 1.33. The predicted molar refractivity (Wildman–Crippen MR) is 58.8 cm³/mol. The molecule has 5 heteroatoms. The third-order valence-corrected chi connectivity index (χ3v) is 3.72. The second-order valence-corrected chi connectivity index (χ2v) is 4.72. The summed E-state index contributed by atoms with van der Waals surface area (Å²) in [5.74, 6) is 0.741. The van der Waals surface area contributed by atoms with Gasteiger partial charge in [-0.2, -0.15) is 4.98 Å². The molecular formula is C11H18N4O. The lowest BCUT2D eigenvalue weighted by Gasteiger charge is -2.28. The molecule has 0 bridgehead atoms. The number of hydrogen-bond acceptors (Lipinski definition) is 5. The van der Waals surface area contributed by atoms with Crippen molar-refractivity contribution in [1.82, 2.24) is 20.4 Å². The van der Waals surface area contributed by atoms with Crippen LogP contribution in [-0.4, -0.2) is 40.2 Å². The van der Waals surface area contributed by atoms with E-state index >= 15 is 0 Å². The Morgan fingerprint density at radius 2 is 2.44 bits per heavy atom. The van der Waals surface area contributed by atoms with Crippen LogP contribution in [0, 0.1) is 0 Å². The minimum atomic E-state index is 0.661. The number of rotatable bonds is 3.